The zero-order valence-corrected chi connectivity index (χ0v) is 16.8. The van der Waals surface area contributed by atoms with Crippen LogP contribution in [0.2, 0.25) is 5.02 Å². The summed E-state index contributed by atoms with van der Waals surface area (Å²) in [6.07, 6.45) is 4.21. The first-order valence-electron chi connectivity index (χ1n) is 8.45. The van der Waals surface area contributed by atoms with Gasteiger partial charge in [-0.05, 0) is 42.4 Å². The van der Waals surface area contributed by atoms with Gasteiger partial charge >= 0.3 is 0 Å². The van der Waals surface area contributed by atoms with Gasteiger partial charge < -0.3 is 10.2 Å². The molecule has 144 valence electrons. The summed E-state index contributed by atoms with van der Waals surface area (Å²) < 4.78 is 28.1. The van der Waals surface area contributed by atoms with Crippen molar-refractivity contribution in [3.63, 3.8) is 0 Å². The summed E-state index contributed by atoms with van der Waals surface area (Å²) in [5.74, 6) is -1.92. The van der Waals surface area contributed by atoms with Crippen molar-refractivity contribution in [2.24, 2.45) is 5.41 Å². The summed E-state index contributed by atoms with van der Waals surface area (Å²) in [5, 5.41) is 3.12. The molecule has 1 saturated heterocycles. The average Bonchev–Trinajstić information content (AvgIpc) is 2.95. The van der Waals surface area contributed by atoms with E-state index in [1.54, 1.807) is 23.2 Å². The Morgan fingerprint density at radius 2 is 2.11 bits per heavy atom. The number of halogens is 3. The minimum atomic E-state index is -0.847. The fourth-order valence-corrected chi connectivity index (χ4v) is 3.97. The van der Waals surface area contributed by atoms with Gasteiger partial charge in [-0.3, -0.25) is 4.79 Å². The molecule has 4 nitrogen and oxygen atoms in total. The topological polar surface area (TPSA) is 45.2 Å². The van der Waals surface area contributed by atoms with Crippen molar-refractivity contribution in [2.75, 3.05) is 23.0 Å². The van der Waals surface area contributed by atoms with E-state index in [4.69, 9.17) is 11.6 Å². The van der Waals surface area contributed by atoms with E-state index < -0.39 is 28.1 Å². The second-order valence-corrected chi connectivity index (χ2v) is 8.31. The molecule has 27 heavy (non-hydrogen) atoms. The Morgan fingerprint density at radius 3 is 2.81 bits per heavy atom. The van der Waals surface area contributed by atoms with Crippen molar-refractivity contribution < 1.29 is 13.6 Å². The molecule has 2 aromatic rings. The highest BCUT2D eigenvalue weighted by molar-refractivity contribution is 7.98. The Kier molecular flexibility index (Phi) is 5.63. The number of anilines is 2. The molecule has 1 aliphatic heterocycles. The molecule has 8 heteroatoms. The van der Waals surface area contributed by atoms with Gasteiger partial charge in [0.15, 0.2) is 5.82 Å². The number of carbonyl (C=O) groups is 1. The molecule has 1 unspecified atom stereocenters. The predicted octanol–water partition coefficient (Wildman–Crippen LogP) is 4.98. The number of pyridine rings is 1. The van der Waals surface area contributed by atoms with Crippen LogP contribution in [0, 0.1) is 17.0 Å². The summed E-state index contributed by atoms with van der Waals surface area (Å²) >= 11 is 7.21. The summed E-state index contributed by atoms with van der Waals surface area (Å²) in [6.45, 7) is 4.39. The smallest absolute Gasteiger partial charge is 0.247 e. The molecule has 1 aromatic heterocycles. The minimum absolute atomic E-state index is 0.131. The Bertz CT molecular complexity index is 878. The Hall–Kier alpha value is -1.86. The summed E-state index contributed by atoms with van der Waals surface area (Å²) in [4.78, 5) is 18.9. The molecular weight excluding hydrogens is 392 g/mol. The highest BCUT2D eigenvalue weighted by atomic mass is 35.5. The van der Waals surface area contributed by atoms with Crippen molar-refractivity contribution >= 4 is 40.6 Å². The number of thioether (sulfide) groups is 1. The van der Waals surface area contributed by atoms with Gasteiger partial charge in [0.1, 0.15) is 16.9 Å². The van der Waals surface area contributed by atoms with Gasteiger partial charge in [0, 0.05) is 18.4 Å². The molecule has 0 radical (unpaired) electrons. The van der Waals surface area contributed by atoms with Crippen LogP contribution in [0.15, 0.2) is 35.5 Å². The number of nitrogens with one attached hydrogen (secondary N) is 1. The highest BCUT2D eigenvalue weighted by Crippen LogP contribution is 2.41. The maximum Gasteiger partial charge on any atom is 0.247 e. The number of benzene rings is 1. The van der Waals surface area contributed by atoms with Gasteiger partial charge in [0.2, 0.25) is 5.91 Å². The van der Waals surface area contributed by atoms with Crippen molar-refractivity contribution in [3.05, 3.63) is 47.1 Å². The van der Waals surface area contributed by atoms with Crippen molar-refractivity contribution in [1.29, 1.82) is 0 Å². The zero-order valence-electron chi connectivity index (χ0n) is 15.2. The monoisotopic (exact) mass is 411 g/mol. The van der Waals surface area contributed by atoms with E-state index in [0.29, 0.717) is 18.7 Å². The number of hydrogen-bond donors (Lipinski definition) is 1. The van der Waals surface area contributed by atoms with E-state index in [1.807, 2.05) is 20.1 Å². The zero-order chi connectivity index (χ0) is 19.8. The summed E-state index contributed by atoms with van der Waals surface area (Å²) in [7, 11) is 0. The summed E-state index contributed by atoms with van der Waals surface area (Å²) in [5.41, 5.74) is 0.360. The Labute approximate surface area is 166 Å². The van der Waals surface area contributed by atoms with Crippen LogP contribution in [-0.4, -0.2) is 29.7 Å². The Balaban J connectivity index is 1.92. The molecule has 1 atom stereocenters. The lowest BCUT2D eigenvalue weighted by Crippen LogP contribution is -2.46. The van der Waals surface area contributed by atoms with Crippen LogP contribution in [0.25, 0.3) is 0 Å². The van der Waals surface area contributed by atoms with Crippen LogP contribution in [0.5, 0.6) is 0 Å². The molecule has 0 spiro atoms. The number of aromatic nitrogens is 1. The molecule has 0 aliphatic carbocycles. The van der Waals surface area contributed by atoms with E-state index in [1.165, 1.54) is 17.8 Å². The lowest BCUT2D eigenvalue weighted by Gasteiger charge is -2.33. The molecule has 2 heterocycles. The van der Waals surface area contributed by atoms with E-state index in [-0.39, 0.29) is 11.6 Å². The SMILES string of the molecule is CSc1cc(NC(=O)C2N(c3ccc(F)c(Cl)c3F)CCC2(C)C)ccn1. The third kappa shape index (κ3) is 3.89. The van der Waals surface area contributed by atoms with E-state index in [9.17, 15) is 13.6 Å². The van der Waals surface area contributed by atoms with Crippen molar-refractivity contribution in [1.82, 2.24) is 4.98 Å². The molecule has 3 rings (SSSR count). The highest BCUT2D eigenvalue weighted by Gasteiger charge is 2.46. The fourth-order valence-electron chi connectivity index (χ4n) is 3.40. The van der Waals surface area contributed by atoms with E-state index in [0.717, 1.165) is 11.1 Å². The van der Waals surface area contributed by atoms with Crippen molar-refractivity contribution in [2.45, 2.75) is 31.3 Å². The first kappa shape index (κ1) is 19.9. The molecule has 1 N–H and O–H groups in total. The lowest BCUT2D eigenvalue weighted by molar-refractivity contribution is -0.119. The maximum absolute atomic E-state index is 14.6. The van der Waals surface area contributed by atoms with Crippen LogP contribution in [-0.2, 0) is 4.79 Å². The van der Waals surface area contributed by atoms with Gasteiger partial charge in [-0.1, -0.05) is 25.4 Å². The van der Waals surface area contributed by atoms with Crippen LogP contribution >= 0.6 is 23.4 Å². The van der Waals surface area contributed by atoms with Gasteiger partial charge in [0.05, 0.1) is 10.7 Å². The fraction of sp³-hybridized carbons (Fsp3) is 0.368. The van der Waals surface area contributed by atoms with Crippen LogP contribution in [0.3, 0.4) is 0 Å². The molecule has 0 saturated carbocycles. The van der Waals surface area contributed by atoms with Gasteiger partial charge in [0.25, 0.3) is 0 Å². The molecular formula is C19H20ClF2N3OS. The number of nitrogens with zero attached hydrogens (tertiary/aromatic N) is 2. The maximum atomic E-state index is 14.6. The van der Waals surface area contributed by atoms with Crippen molar-refractivity contribution in [3.8, 4) is 0 Å². The first-order chi connectivity index (χ1) is 12.7. The molecule has 1 aliphatic rings. The quantitative estimate of drug-likeness (QED) is 0.569. The molecule has 1 fully saturated rings. The average molecular weight is 412 g/mol. The number of carbonyl (C=O) groups excluding carboxylic acids is 1. The number of hydrogen-bond acceptors (Lipinski definition) is 4. The van der Waals surface area contributed by atoms with Gasteiger partial charge in [-0.25, -0.2) is 13.8 Å². The second-order valence-electron chi connectivity index (χ2n) is 7.11. The van der Waals surface area contributed by atoms with Crippen LogP contribution in [0.1, 0.15) is 20.3 Å². The van der Waals surface area contributed by atoms with Gasteiger partial charge in [-0.2, -0.15) is 0 Å². The third-order valence-electron chi connectivity index (χ3n) is 4.83. The normalized spacial score (nSPS) is 18.6. The van der Waals surface area contributed by atoms with Gasteiger partial charge in [-0.15, -0.1) is 11.8 Å². The largest absolute Gasteiger partial charge is 0.357 e. The number of rotatable bonds is 4. The summed E-state index contributed by atoms with van der Waals surface area (Å²) in [6, 6.07) is 5.31. The minimum Gasteiger partial charge on any atom is -0.357 e. The molecule has 1 amide bonds. The first-order valence-corrected chi connectivity index (χ1v) is 10.1. The third-order valence-corrected chi connectivity index (χ3v) is 5.82. The lowest BCUT2D eigenvalue weighted by atomic mass is 9.84. The standard InChI is InChI=1S/C19H20ClF2N3OS/c1-19(2)7-9-25(13-5-4-12(21)15(20)16(13)22)17(19)18(26)24-11-6-8-23-14(10-11)27-3/h4-6,8,10,17H,7,9H2,1-3H3,(H,23,24,26). The predicted molar refractivity (Wildman–Crippen MR) is 106 cm³/mol. The molecule has 1 aromatic carbocycles. The van der Waals surface area contributed by atoms with Crippen LogP contribution in [0.4, 0.5) is 20.2 Å². The Morgan fingerprint density at radius 1 is 1.37 bits per heavy atom. The van der Waals surface area contributed by atoms with Crippen LogP contribution < -0.4 is 10.2 Å². The van der Waals surface area contributed by atoms with E-state index in [2.05, 4.69) is 10.3 Å². The molecule has 0 bridgehead atoms. The van der Waals surface area contributed by atoms with E-state index >= 15 is 0 Å². The number of amides is 1. The second kappa shape index (κ2) is 7.64.